The molecule has 0 aliphatic heterocycles. The second-order valence-electron chi connectivity index (χ2n) is 4.78. The number of amides is 1. The minimum Gasteiger partial charge on any atom is -0.300 e. The Kier molecular flexibility index (Phi) is 3.60. The van der Waals surface area contributed by atoms with Gasteiger partial charge in [0.25, 0.3) is 0 Å². The molecular formula is C13H12ClN5OS. The van der Waals surface area contributed by atoms with Gasteiger partial charge in [-0.3, -0.25) is 4.79 Å². The van der Waals surface area contributed by atoms with Crippen molar-refractivity contribution in [3.05, 3.63) is 29.3 Å². The van der Waals surface area contributed by atoms with Gasteiger partial charge in [-0.15, -0.1) is 15.3 Å². The zero-order valence-electron chi connectivity index (χ0n) is 11.4. The summed E-state index contributed by atoms with van der Waals surface area (Å²) in [5.41, 5.74) is 0.860. The maximum atomic E-state index is 11.7. The first-order valence-electron chi connectivity index (χ1n) is 6.33. The maximum absolute atomic E-state index is 11.7. The quantitative estimate of drug-likeness (QED) is 0.804. The fourth-order valence-electron chi connectivity index (χ4n) is 1.70. The molecule has 0 bridgehead atoms. The van der Waals surface area contributed by atoms with E-state index < -0.39 is 0 Å². The Morgan fingerprint density at radius 3 is 2.67 bits per heavy atom. The summed E-state index contributed by atoms with van der Waals surface area (Å²) in [4.78, 5) is 12.3. The van der Waals surface area contributed by atoms with E-state index in [1.807, 2.05) is 26.0 Å². The zero-order valence-corrected chi connectivity index (χ0v) is 12.9. The molecule has 0 fully saturated rings. The third kappa shape index (κ3) is 2.74. The van der Waals surface area contributed by atoms with Crippen LogP contribution >= 0.6 is 22.9 Å². The SMILES string of the molecule is CC(C)C(=O)Nc1nn2c(-c3ccc(Cl)cc3)nnc2s1. The van der Waals surface area contributed by atoms with Crippen molar-refractivity contribution in [3.63, 3.8) is 0 Å². The van der Waals surface area contributed by atoms with Crippen molar-refractivity contribution in [1.82, 2.24) is 19.8 Å². The molecule has 1 N–H and O–H groups in total. The molecule has 2 aromatic heterocycles. The van der Waals surface area contributed by atoms with Crippen LogP contribution in [0.2, 0.25) is 5.02 Å². The molecule has 2 heterocycles. The van der Waals surface area contributed by atoms with Crippen molar-refractivity contribution >= 4 is 38.9 Å². The van der Waals surface area contributed by atoms with E-state index in [4.69, 9.17) is 11.6 Å². The van der Waals surface area contributed by atoms with Gasteiger partial charge in [0, 0.05) is 16.5 Å². The smallest absolute Gasteiger partial charge is 0.236 e. The number of hydrogen-bond donors (Lipinski definition) is 1. The van der Waals surface area contributed by atoms with Gasteiger partial charge in [-0.2, -0.15) is 4.52 Å². The average molecular weight is 322 g/mol. The van der Waals surface area contributed by atoms with Gasteiger partial charge in [0.05, 0.1) is 0 Å². The van der Waals surface area contributed by atoms with Crippen LogP contribution in [0.4, 0.5) is 5.13 Å². The van der Waals surface area contributed by atoms with Crippen molar-refractivity contribution in [1.29, 1.82) is 0 Å². The van der Waals surface area contributed by atoms with E-state index in [1.165, 1.54) is 11.3 Å². The van der Waals surface area contributed by atoms with Gasteiger partial charge in [0.1, 0.15) is 0 Å². The Bertz CT molecular complexity index is 793. The fourth-order valence-corrected chi connectivity index (χ4v) is 2.56. The van der Waals surface area contributed by atoms with Crippen LogP contribution in [0.3, 0.4) is 0 Å². The third-order valence-electron chi connectivity index (χ3n) is 2.85. The van der Waals surface area contributed by atoms with Gasteiger partial charge in [-0.05, 0) is 24.3 Å². The highest BCUT2D eigenvalue weighted by Crippen LogP contribution is 2.25. The van der Waals surface area contributed by atoms with Crippen molar-refractivity contribution in [2.75, 3.05) is 5.32 Å². The van der Waals surface area contributed by atoms with Crippen molar-refractivity contribution < 1.29 is 4.79 Å². The molecule has 0 spiro atoms. The number of nitrogens with zero attached hydrogens (tertiary/aromatic N) is 4. The molecule has 0 unspecified atom stereocenters. The van der Waals surface area contributed by atoms with Crippen molar-refractivity contribution in [2.45, 2.75) is 13.8 Å². The van der Waals surface area contributed by atoms with E-state index in [2.05, 4.69) is 20.6 Å². The lowest BCUT2D eigenvalue weighted by Crippen LogP contribution is -2.17. The predicted molar refractivity (Wildman–Crippen MR) is 82.6 cm³/mol. The fraction of sp³-hybridized carbons (Fsp3) is 0.231. The number of nitrogens with one attached hydrogen (secondary N) is 1. The topological polar surface area (TPSA) is 72.2 Å². The van der Waals surface area contributed by atoms with Crippen LogP contribution in [0.25, 0.3) is 16.3 Å². The van der Waals surface area contributed by atoms with Gasteiger partial charge in [0.2, 0.25) is 16.0 Å². The second kappa shape index (κ2) is 5.42. The first kappa shape index (κ1) is 14.0. The van der Waals surface area contributed by atoms with E-state index >= 15 is 0 Å². The van der Waals surface area contributed by atoms with Crippen LogP contribution in [-0.4, -0.2) is 25.7 Å². The van der Waals surface area contributed by atoms with Crippen molar-refractivity contribution in [2.24, 2.45) is 5.92 Å². The molecule has 3 rings (SSSR count). The summed E-state index contributed by atoms with van der Waals surface area (Å²) in [5.74, 6) is 0.436. The molecule has 0 radical (unpaired) electrons. The van der Waals surface area contributed by atoms with Gasteiger partial charge in [-0.25, -0.2) is 0 Å². The Labute approximate surface area is 129 Å². The highest BCUT2D eigenvalue weighted by Gasteiger charge is 2.15. The Balaban J connectivity index is 1.96. The minimum absolute atomic E-state index is 0.0759. The highest BCUT2D eigenvalue weighted by molar-refractivity contribution is 7.20. The molecule has 1 amide bonds. The van der Waals surface area contributed by atoms with Gasteiger partial charge in [-0.1, -0.05) is 36.8 Å². The lowest BCUT2D eigenvalue weighted by Gasteiger charge is -2.02. The van der Waals surface area contributed by atoms with Crippen LogP contribution in [0.5, 0.6) is 0 Å². The largest absolute Gasteiger partial charge is 0.300 e. The summed E-state index contributed by atoms with van der Waals surface area (Å²) in [6, 6.07) is 7.27. The summed E-state index contributed by atoms with van der Waals surface area (Å²) < 4.78 is 1.61. The van der Waals surface area contributed by atoms with Gasteiger partial charge < -0.3 is 5.32 Å². The molecule has 0 saturated carbocycles. The van der Waals surface area contributed by atoms with Gasteiger partial charge >= 0.3 is 0 Å². The molecule has 0 aliphatic rings. The zero-order chi connectivity index (χ0) is 15.0. The van der Waals surface area contributed by atoms with Crippen LogP contribution < -0.4 is 5.32 Å². The molecule has 1 aromatic carbocycles. The number of benzene rings is 1. The molecule has 8 heteroatoms. The van der Waals surface area contributed by atoms with E-state index in [0.29, 0.717) is 20.9 Å². The Morgan fingerprint density at radius 1 is 1.29 bits per heavy atom. The second-order valence-corrected chi connectivity index (χ2v) is 6.17. The lowest BCUT2D eigenvalue weighted by molar-refractivity contribution is -0.118. The Morgan fingerprint density at radius 2 is 2.00 bits per heavy atom. The van der Waals surface area contributed by atoms with Crippen LogP contribution in [0, 0.1) is 5.92 Å². The maximum Gasteiger partial charge on any atom is 0.236 e. The Hall–Kier alpha value is -1.99. The number of anilines is 1. The van der Waals surface area contributed by atoms with Gasteiger partial charge in [0.15, 0.2) is 5.82 Å². The third-order valence-corrected chi connectivity index (χ3v) is 3.91. The summed E-state index contributed by atoms with van der Waals surface area (Å²) in [6.45, 7) is 3.66. The number of carbonyl (C=O) groups excluding carboxylic acids is 1. The van der Waals surface area contributed by atoms with E-state index in [1.54, 1.807) is 16.6 Å². The summed E-state index contributed by atoms with van der Waals surface area (Å²) in [7, 11) is 0. The number of carbonyl (C=O) groups is 1. The molecule has 0 atom stereocenters. The monoisotopic (exact) mass is 321 g/mol. The van der Waals surface area contributed by atoms with E-state index in [9.17, 15) is 4.79 Å². The number of halogens is 1. The molecule has 21 heavy (non-hydrogen) atoms. The summed E-state index contributed by atoms with van der Waals surface area (Å²) in [6.07, 6.45) is 0. The number of rotatable bonds is 3. The molecule has 6 nitrogen and oxygen atoms in total. The average Bonchev–Trinajstić information content (AvgIpc) is 2.99. The minimum atomic E-state index is -0.102. The first-order chi connectivity index (χ1) is 10.0. The van der Waals surface area contributed by atoms with Crippen LogP contribution in [0.15, 0.2) is 24.3 Å². The van der Waals surface area contributed by atoms with Crippen molar-refractivity contribution in [3.8, 4) is 11.4 Å². The summed E-state index contributed by atoms with van der Waals surface area (Å²) in [5, 5.41) is 16.5. The number of hydrogen-bond acceptors (Lipinski definition) is 5. The molecule has 108 valence electrons. The van der Waals surface area contributed by atoms with E-state index in [-0.39, 0.29) is 11.8 Å². The normalized spacial score (nSPS) is 11.2. The van der Waals surface area contributed by atoms with Crippen LogP contribution in [-0.2, 0) is 4.79 Å². The highest BCUT2D eigenvalue weighted by atomic mass is 35.5. The molecular weight excluding hydrogens is 310 g/mol. The standard InChI is InChI=1S/C13H12ClN5OS/c1-7(2)11(20)15-12-18-19-10(16-17-13(19)21-12)8-3-5-9(14)6-4-8/h3-7H,1-2H3,(H,15,18,20). The molecule has 0 saturated heterocycles. The number of fused-ring (bicyclic) bond motifs is 1. The van der Waals surface area contributed by atoms with Crippen LogP contribution in [0.1, 0.15) is 13.8 Å². The predicted octanol–water partition coefficient (Wildman–Crippen LogP) is 3.10. The lowest BCUT2D eigenvalue weighted by atomic mass is 10.2. The molecule has 0 aliphatic carbocycles. The van der Waals surface area contributed by atoms with E-state index in [0.717, 1.165) is 5.56 Å². The first-order valence-corrected chi connectivity index (χ1v) is 7.53. The number of aromatic nitrogens is 4. The summed E-state index contributed by atoms with van der Waals surface area (Å²) >= 11 is 7.16. The molecule has 3 aromatic rings.